The number of ether oxygens (including phenoxy) is 1. The summed E-state index contributed by atoms with van der Waals surface area (Å²) in [6.07, 6.45) is -0.184. The first kappa shape index (κ1) is 13.8. The van der Waals surface area contributed by atoms with Gasteiger partial charge in [-0.1, -0.05) is 19.0 Å². The minimum absolute atomic E-state index is 0.0118. The van der Waals surface area contributed by atoms with Gasteiger partial charge in [0.1, 0.15) is 11.9 Å². The molecule has 17 heavy (non-hydrogen) atoms. The number of Topliss-reactive ketones (excluding diaryl/α,β-unsaturated/α-hetero) is 1. The predicted molar refractivity (Wildman–Crippen MR) is 62.6 cm³/mol. The van der Waals surface area contributed by atoms with Crippen LogP contribution in [0.4, 0.5) is 0 Å². The lowest BCUT2D eigenvalue weighted by atomic mass is 10.1. The molecule has 2 atom stereocenters. The third kappa shape index (κ3) is 3.36. The third-order valence-electron chi connectivity index (χ3n) is 2.64. The van der Waals surface area contributed by atoms with Gasteiger partial charge in [-0.15, -0.1) is 0 Å². The van der Waals surface area contributed by atoms with Gasteiger partial charge in [0, 0.05) is 6.61 Å². The number of hydrogen-bond donors (Lipinski definition) is 0. The number of nitrogens with zero attached hydrogens (tertiary/aromatic N) is 2. The number of carbonyl (C=O) groups excluding carboxylic acids is 1. The second kappa shape index (κ2) is 5.91. The van der Waals surface area contributed by atoms with Gasteiger partial charge in [0.2, 0.25) is 11.7 Å². The van der Waals surface area contributed by atoms with Gasteiger partial charge in [0.05, 0.1) is 5.92 Å². The van der Waals surface area contributed by atoms with Crippen LogP contribution < -0.4 is 0 Å². The van der Waals surface area contributed by atoms with Crippen molar-refractivity contribution in [1.82, 2.24) is 10.1 Å². The van der Waals surface area contributed by atoms with Crippen LogP contribution in [-0.4, -0.2) is 22.5 Å². The van der Waals surface area contributed by atoms with Crippen molar-refractivity contribution in [2.24, 2.45) is 5.92 Å². The molecule has 0 N–H and O–H groups in total. The molecule has 0 aliphatic rings. The van der Waals surface area contributed by atoms with E-state index in [1.54, 1.807) is 6.92 Å². The fourth-order valence-electron chi connectivity index (χ4n) is 1.46. The molecule has 0 spiro atoms. The van der Waals surface area contributed by atoms with Gasteiger partial charge in [-0.25, -0.2) is 0 Å². The normalized spacial score (nSPS) is 14.9. The molecule has 0 saturated heterocycles. The van der Waals surface area contributed by atoms with E-state index in [2.05, 4.69) is 10.1 Å². The van der Waals surface area contributed by atoms with E-state index >= 15 is 0 Å². The highest BCUT2D eigenvalue weighted by molar-refractivity contribution is 5.81. The molecule has 1 heterocycles. The number of ketones is 1. The fourth-order valence-corrected chi connectivity index (χ4v) is 1.46. The third-order valence-corrected chi connectivity index (χ3v) is 2.64. The summed E-state index contributed by atoms with van der Waals surface area (Å²) in [7, 11) is 0. The molecular formula is C12H20N2O3. The van der Waals surface area contributed by atoms with Gasteiger partial charge in [-0.2, -0.15) is 4.98 Å². The number of carbonyl (C=O) groups is 1. The van der Waals surface area contributed by atoms with E-state index < -0.39 is 0 Å². The lowest BCUT2D eigenvalue weighted by Crippen LogP contribution is -2.13. The van der Waals surface area contributed by atoms with Crippen molar-refractivity contribution in [2.45, 2.75) is 46.6 Å². The van der Waals surface area contributed by atoms with Crippen molar-refractivity contribution >= 4 is 5.78 Å². The Morgan fingerprint density at radius 3 is 2.53 bits per heavy atom. The van der Waals surface area contributed by atoms with Crippen LogP contribution in [-0.2, 0) is 9.53 Å². The first-order chi connectivity index (χ1) is 7.97. The summed E-state index contributed by atoms with van der Waals surface area (Å²) >= 11 is 0. The van der Waals surface area contributed by atoms with E-state index in [0.29, 0.717) is 18.3 Å². The van der Waals surface area contributed by atoms with E-state index in [-0.39, 0.29) is 23.7 Å². The van der Waals surface area contributed by atoms with E-state index in [4.69, 9.17) is 9.26 Å². The van der Waals surface area contributed by atoms with Crippen molar-refractivity contribution in [3.05, 3.63) is 11.7 Å². The maximum atomic E-state index is 11.2. The van der Waals surface area contributed by atoms with Crippen LogP contribution in [0.25, 0.3) is 0 Å². The summed E-state index contributed by atoms with van der Waals surface area (Å²) in [5, 5.41) is 3.90. The average molecular weight is 240 g/mol. The molecule has 0 amide bonds. The lowest BCUT2D eigenvalue weighted by molar-refractivity contribution is -0.118. The molecule has 96 valence electrons. The molecule has 1 aromatic heterocycles. The molecule has 0 aliphatic carbocycles. The average Bonchev–Trinajstić information content (AvgIpc) is 2.73. The maximum absolute atomic E-state index is 11.2. The topological polar surface area (TPSA) is 65.2 Å². The van der Waals surface area contributed by atoms with Crippen LogP contribution in [0.2, 0.25) is 0 Å². The van der Waals surface area contributed by atoms with Crippen LogP contribution in [0, 0.1) is 5.92 Å². The minimum Gasteiger partial charge on any atom is -0.370 e. The van der Waals surface area contributed by atoms with Gasteiger partial charge in [0.15, 0.2) is 0 Å². The highest BCUT2D eigenvalue weighted by Crippen LogP contribution is 2.25. The predicted octanol–water partition coefficient (Wildman–Crippen LogP) is 2.50. The zero-order chi connectivity index (χ0) is 13.0. The fraction of sp³-hybridized carbons (Fsp3) is 0.750. The van der Waals surface area contributed by atoms with Gasteiger partial charge in [0.25, 0.3) is 0 Å². The van der Waals surface area contributed by atoms with E-state index in [1.165, 1.54) is 6.92 Å². The maximum Gasteiger partial charge on any atom is 0.237 e. The molecule has 0 bridgehead atoms. The standard InChI is InChI=1S/C12H20N2O3/c1-6-16-10(7(2)3)11-13-12(17-14-11)8(4)9(5)15/h7-8,10H,6H2,1-5H3. The number of rotatable bonds is 6. The molecular weight excluding hydrogens is 220 g/mol. The zero-order valence-electron chi connectivity index (χ0n) is 11.1. The zero-order valence-corrected chi connectivity index (χ0v) is 11.1. The summed E-state index contributed by atoms with van der Waals surface area (Å²) < 4.78 is 10.7. The molecule has 2 unspecified atom stereocenters. The molecule has 0 radical (unpaired) electrons. The van der Waals surface area contributed by atoms with E-state index in [9.17, 15) is 4.79 Å². The number of hydrogen-bond acceptors (Lipinski definition) is 5. The lowest BCUT2D eigenvalue weighted by Gasteiger charge is -2.16. The highest BCUT2D eigenvalue weighted by atomic mass is 16.5. The Bertz CT molecular complexity index is 374. The summed E-state index contributed by atoms with van der Waals surface area (Å²) in [5.74, 6) is 0.791. The summed E-state index contributed by atoms with van der Waals surface area (Å²) in [5.41, 5.74) is 0. The molecule has 0 aliphatic heterocycles. The SMILES string of the molecule is CCOC(c1noc(C(C)C(C)=O)n1)C(C)C. The van der Waals surface area contributed by atoms with Crippen molar-refractivity contribution in [3.63, 3.8) is 0 Å². The van der Waals surface area contributed by atoms with Crippen molar-refractivity contribution in [2.75, 3.05) is 6.61 Å². The molecule has 0 saturated carbocycles. The molecule has 0 aromatic carbocycles. The molecule has 1 rings (SSSR count). The van der Waals surface area contributed by atoms with Crippen LogP contribution in [0.15, 0.2) is 4.52 Å². The first-order valence-electron chi connectivity index (χ1n) is 5.92. The minimum atomic E-state index is -0.356. The van der Waals surface area contributed by atoms with Crippen molar-refractivity contribution in [1.29, 1.82) is 0 Å². The summed E-state index contributed by atoms with van der Waals surface area (Å²) in [4.78, 5) is 15.5. The largest absolute Gasteiger partial charge is 0.370 e. The molecule has 5 heteroatoms. The van der Waals surface area contributed by atoms with Crippen molar-refractivity contribution in [3.8, 4) is 0 Å². The first-order valence-corrected chi connectivity index (χ1v) is 5.92. The van der Waals surface area contributed by atoms with Gasteiger partial charge in [-0.05, 0) is 26.7 Å². The second-order valence-corrected chi connectivity index (χ2v) is 4.44. The van der Waals surface area contributed by atoms with Gasteiger partial charge < -0.3 is 9.26 Å². The Hall–Kier alpha value is -1.23. The monoisotopic (exact) mass is 240 g/mol. The Morgan fingerprint density at radius 1 is 1.41 bits per heavy atom. The van der Waals surface area contributed by atoms with Crippen LogP contribution >= 0.6 is 0 Å². The smallest absolute Gasteiger partial charge is 0.237 e. The summed E-state index contributed by atoms with van der Waals surface area (Å²) in [6.45, 7) is 9.85. The number of aromatic nitrogens is 2. The molecule has 0 fully saturated rings. The Balaban J connectivity index is 2.88. The van der Waals surface area contributed by atoms with E-state index in [1.807, 2.05) is 20.8 Å². The Labute approximate surface area is 102 Å². The van der Waals surface area contributed by atoms with Crippen LogP contribution in [0.1, 0.15) is 58.4 Å². The molecule has 5 nitrogen and oxygen atoms in total. The van der Waals surface area contributed by atoms with Crippen LogP contribution in [0.5, 0.6) is 0 Å². The van der Waals surface area contributed by atoms with Crippen molar-refractivity contribution < 1.29 is 14.1 Å². The van der Waals surface area contributed by atoms with Gasteiger partial charge in [-0.3, -0.25) is 4.79 Å². The highest BCUT2D eigenvalue weighted by Gasteiger charge is 2.25. The quantitative estimate of drug-likeness (QED) is 0.764. The second-order valence-electron chi connectivity index (χ2n) is 4.44. The van der Waals surface area contributed by atoms with Gasteiger partial charge >= 0.3 is 0 Å². The Morgan fingerprint density at radius 2 is 2.06 bits per heavy atom. The Kier molecular flexibility index (Phi) is 4.81. The van der Waals surface area contributed by atoms with E-state index in [0.717, 1.165) is 0 Å². The summed E-state index contributed by atoms with van der Waals surface area (Å²) in [6, 6.07) is 0. The molecule has 1 aromatic rings. The van der Waals surface area contributed by atoms with Crippen LogP contribution in [0.3, 0.4) is 0 Å².